The van der Waals surface area contributed by atoms with Gasteiger partial charge in [0.25, 0.3) is 5.91 Å². The van der Waals surface area contributed by atoms with Crippen molar-refractivity contribution in [2.45, 2.75) is 109 Å². The molecule has 3 aliphatic heterocycles. The van der Waals surface area contributed by atoms with Gasteiger partial charge in [0.05, 0.1) is 27.6 Å². The van der Waals surface area contributed by atoms with Crippen molar-refractivity contribution in [3.63, 3.8) is 0 Å². The highest BCUT2D eigenvalue weighted by atomic mass is 32.1. The number of carbonyl (C=O) groups excluding carboxylic acids is 2. The number of benzene rings is 2. The highest BCUT2D eigenvalue weighted by Gasteiger charge is 2.57. The van der Waals surface area contributed by atoms with Crippen molar-refractivity contribution < 1.29 is 23.6 Å². The normalized spacial score (nSPS) is 25.1. The van der Waals surface area contributed by atoms with Crippen molar-refractivity contribution >= 4 is 45.7 Å². The first kappa shape index (κ1) is 31.2. The molecule has 3 aromatic rings. The topological polar surface area (TPSA) is 102 Å². The highest BCUT2D eigenvalue weighted by molar-refractivity contribution is 7.22. The molecular formula is C33H43BN4O5S. The minimum Gasteiger partial charge on any atom is -0.459 e. The summed E-state index contributed by atoms with van der Waals surface area (Å²) in [5, 5.41) is 7.26. The molecule has 44 heavy (non-hydrogen) atoms. The molecule has 2 fully saturated rings. The quantitative estimate of drug-likeness (QED) is 0.274. The summed E-state index contributed by atoms with van der Waals surface area (Å²) in [6.07, 6.45) is 2.29. The molecular weight excluding hydrogens is 575 g/mol. The third-order valence-electron chi connectivity index (χ3n) is 9.36. The van der Waals surface area contributed by atoms with E-state index in [1.807, 2.05) is 84.9 Å². The van der Waals surface area contributed by atoms with Gasteiger partial charge in [-0.1, -0.05) is 35.6 Å². The summed E-state index contributed by atoms with van der Waals surface area (Å²) in [5.74, 6) is -0.656. The molecule has 2 saturated heterocycles. The average molecular weight is 619 g/mol. The van der Waals surface area contributed by atoms with Crippen molar-refractivity contribution in [3.05, 3.63) is 59.2 Å². The summed E-state index contributed by atoms with van der Waals surface area (Å²) >= 11 is 1.47. The Morgan fingerprint density at radius 2 is 1.80 bits per heavy atom. The molecule has 0 aliphatic carbocycles. The smallest absolute Gasteiger partial charge is 0.459 e. The summed E-state index contributed by atoms with van der Waals surface area (Å²) in [7, 11) is -0.522. The van der Waals surface area contributed by atoms with E-state index in [4.69, 9.17) is 14.0 Å². The lowest BCUT2D eigenvalue weighted by molar-refractivity contribution is -0.159. The van der Waals surface area contributed by atoms with Crippen LogP contribution in [0.25, 0.3) is 10.2 Å². The molecule has 1 aromatic heterocycles. The number of piperidine rings is 1. The number of amides is 1. The van der Waals surface area contributed by atoms with E-state index >= 15 is 0 Å². The van der Waals surface area contributed by atoms with E-state index in [1.54, 1.807) is 0 Å². The lowest BCUT2D eigenvalue weighted by atomic mass is 9.63. The van der Waals surface area contributed by atoms with Crippen molar-refractivity contribution in [3.8, 4) is 0 Å². The number of carbonyl (C=O) groups is 2. The number of anilines is 1. The molecule has 6 rings (SSSR count). The number of fused-ring (bicyclic) bond motifs is 2. The molecule has 2 N–H and O–H groups in total. The third-order valence-corrected chi connectivity index (χ3v) is 10.3. The maximum Gasteiger partial charge on any atom is 0.463 e. The van der Waals surface area contributed by atoms with E-state index in [1.165, 1.54) is 16.9 Å². The zero-order valence-electron chi connectivity index (χ0n) is 26.7. The Morgan fingerprint density at radius 1 is 1.07 bits per heavy atom. The van der Waals surface area contributed by atoms with Gasteiger partial charge in [0.15, 0.2) is 5.13 Å². The van der Waals surface area contributed by atoms with E-state index in [9.17, 15) is 9.59 Å². The zero-order valence-corrected chi connectivity index (χ0v) is 27.5. The number of esters is 1. The van der Waals surface area contributed by atoms with Gasteiger partial charge in [-0.05, 0) is 97.1 Å². The van der Waals surface area contributed by atoms with Crippen LogP contribution in [0, 0.1) is 0 Å². The highest BCUT2D eigenvalue weighted by Crippen LogP contribution is 2.44. The number of thiazole rings is 1. The molecule has 234 valence electrons. The molecule has 3 atom stereocenters. The zero-order chi connectivity index (χ0) is 31.4. The van der Waals surface area contributed by atoms with Crippen molar-refractivity contribution in [1.29, 1.82) is 0 Å². The largest absolute Gasteiger partial charge is 0.463 e. The summed E-state index contributed by atoms with van der Waals surface area (Å²) < 4.78 is 19.8. The van der Waals surface area contributed by atoms with Crippen LogP contribution in [0.15, 0.2) is 42.5 Å². The fourth-order valence-electron chi connectivity index (χ4n) is 6.35. The van der Waals surface area contributed by atoms with Crippen LogP contribution in [-0.2, 0) is 31.8 Å². The third kappa shape index (κ3) is 6.17. The second-order valence-corrected chi connectivity index (χ2v) is 15.2. The molecule has 9 nitrogen and oxygen atoms in total. The monoisotopic (exact) mass is 618 g/mol. The predicted octanol–water partition coefficient (Wildman–Crippen LogP) is 5.79. The van der Waals surface area contributed by atoms with E-state index in [-0.39, 0.29) is 23.9 Å². The van der Waals surface area contributed by atoms with Gasteiger partial charge in [0.2, 0.25) is 0 Å². The van der Waals surface area contributed by atoms with E-state index in [0.29, 0.717) is 17.2 Å². The number of hydrogen-bond acceptors (Lipinski definition) is 9. The molecule has 0 bridgehead atoms. The first-order valence-corrected chi connectivity index (χ1v) is 16.4. The SMILES string of the molecule is CC(C)(C)OC(=O)C1NC(N2CCc3cccc(C(=O)Nc4nc5ccccc5s4)c3C2)CCC1B1OC(C)(C)C(C)(C)O1. The number of nitrogens with one attached hydrogen (secondary N) is 2. The fourth-order valence-corrected chi connectivity index (χ4v) is 7.22. The Labute approximate surface area is 264 Å². The van der Waals surface area contributed by atoms with Crippen molar-refractivity contribution in [2.24, 2.45) is 0 Å². The summed E-state index contributed by atoms with van der Waals surface area (Å²) in [5.41, 5.74) is 2.10. The Morgan fingerprint density at radius 3 is 2.50 bits per heavy atom. The van der Waals surface area contributed by atoms with Gasteiger partial charge in [0.1, 0.15) is 11.6 Å². The van der Waals surface area contributed by atoms with E-state index < -0.39 is 30.0 Å². The van der Waals surface area contributed by atoms with Crippen molar-refractivity contribution in [1.82, 2.24) is 15.2 Å². The molecule has 1 amide bonds. The Kier molecular flexibility index (Phi) is 8.16. The number of para-hydroxylation sites is 1. The second kappa shape index (κ2) is 11.5. The standard InChI is InChI=1S/C33H43BN4O5S/c1-31(2,3)41-29(40)27-23(34-42-32(4,5)33(6,7)43-34)15-16-26(36-27)38-18-17-20-11-10-12-21(22(20)19-38)28(39)37-30-35-24-13-8-9-14-25(24)44-30/h8-14,23,26-27,36H,15-19H2,1-7H3,(H,35,37,39). The van der Waals surface area contributed by atoms with Crippen LogP contribution in [0.2, 0.25) is 5.82 Å². The molecule has 0 spiro atoms. The van der Waals surface area contributed by atoms with Crippen LogP contribution in [0.4, 0.5) is 5.13 Å². The molecule has 3 unspecified atom stereocenters. The number of hydrogen-bond donors (Lipinski definition) is 2. The molecule has 11 heteroatoms. The molecule has 0 saturated carbocycles. The van der Waals surface area contributed by atoms with E-state index in [2.05, 4.69) is 26.6 Å². The lowest BCUT2D eigenvalue weighted by Gasteiger charge is -2.44. The van der Waals surface area contributed by atoms with Gasteiger partial charge in [-0.3, -0.25) is 25.1 Å². The van der Waals surface area contributed by atoms with Gasteiger partial charge < -0.3 is 14.0 Å². The number of nitrogens with zero attached hydrogens (tertiary/aromatic N) is 2. The average Bonchev–Trinajstić information content (AvgIpc) is 3.46. The van der Waals surface area contributed by atoms with Crippen LogP contribution in [0.3, 0.4) is 0 Å². The Hall–Kier alpha value is -2.83. The minimum absolute atomic E-state index is 0.0697. The minimum atomic E-state index is -0.623. The van der Waals surface area contributed by atoms with Crippen LogP contribution in [0.5, 0.6) is 0 Å². The molecule has 0 radical (unpaired) electrons. The first-order chi connectivity index (χ1) is 20.7. The van der Waals surface area contributed by atoms with Gasteiger partial charge in [-0.2, -0.15) is 0 Å². The van der Waals surface area contributed by atoms with Gasteiger partial charge in [-0.15, -0.1) is 0 Å². The Balaban J connectivity index is 1.21. The van der Waals surface area contributed by atoms with E-state index in [0.717, 1.165) is 41.6 Å². The number of ether oxygens (including phenoxy) is 1. The van der Waals surface area contributed by atoms with Gasteiger partial charge >= 0.3 is 13.1 Å². The predicted molar refractivity (Wildman–Crippen MR) is 174 cm³/mol. The Bertz CT molecular complexity index is 1520. The van der Waals surface area contributed by atoms with Crippen LogP contribution in [0.1, 0.15) is 82.8 Å². The van der Waals surface area contributed by atoms with Gasteiger partial charge in [-0.25, -0.2) is 4.98 Å². The summed E-state index contributed by atoms with van der Waals surface area (Å²) in [6.45, 7) is 15.2. The fraction of sp³-hybridized carbons (Fsp3) is 0.545. The maximum absolute atomic E-state index is 13.6. The van der Waals surface area contributed by atoms with Crippen molar-refractivity contribution in [2.75, 3.05) is 11.9 Å². The van der Waals surface area contributed by atoms with Gasteiger partial charge in [0, 0.05) is 24.5 Å². The second-order valence-electron chi connectivity index (χ2n) is 14.2. The summed E-state index contributed by atoms with van der Waals surface area (Å²) in [4.78, 5) is 34.1. The summed E-state index contributed by atoms with van der Waals surface area (Å²) in [6, 6.07) is 13.2. The molecule has 3 aliphatic rings. The van der Waals surface area contributed by atoms with Crippen LogP contribution in [-0.4, -0.2) is 64.4 Å². The first-order valence-electron chi connectivity index (χ1n) is 15.6. The molecule has 4 heterocycles. The molecule has 2 aromatic carbocycles. The maximum atomic E-state index is 13.6. The number of rotatable bonds is 5. The van der Waals surface area contributed by atoms with Crippen LogP contribution < -0.4 is 10.6 Å². The number of aromatic nitrogens is 1. The van der Waals surface area contributed by atoms with Crippen LogP contribution >= 0.6 is 11.3 Å². The lowest BCUT2D eigenvalue weighted by Crippen LogP contribution is -2.60.